The lowest BCUT2D eigenvalue weighted by molar-refractivity contribution is 0.165. The van der Waals surface area contributed by atoms with Gasteiger partial charge in [-0.25, -0.2) is 13.1 Å². The lowest BCUT2D eigenvalue weighted by Gasteiger charge is -2.14. The van der Waals surface area contributed by atoms with Crippen LogP contribution in [-0.4, -0.2) is 28.5 Å². The summed E-state index contributed by atoms with van der Waals surface area (Å²) < 4.78 is 44.6. The molecule has 1 aromatic rings. The van der Waals surface area contributed by atoms with Crippen molar-refractivity contribution in [3.05, 3.63) is 29.8 Å². The Kier molecular flexibility index (Phi) is 4.16. The first kappa shape index (κ1) is 13.3. The van der Waals surface area contributed by atoms with Crippen molar-refractivity contribution < 1.29 is 22.3 Å². The summed E-state index contributed by atoms with van der Waals surface area (Å²) in [6.45, 7) is 0. The van der Waals surface area contributed by atoms with E-state index in [-0.39, 0.29) is 10.5 Å². The largest absolute Gasteiger partial charge is 0.760 e. The van der Waals surface area contributed by atoms with Crippen molar-refractivity contribution in [3.8, 4) is 0 Å². The van der Waals surface area contributed by atoms with Gasteiger partial charge in [-0.3, -0.25) is 4.21 Å². The van der Waals surface area contributed by atoms with Crippen molar-refractivity contribution in [1.29, 1.82) is 0 Å². The van der Waals surface area contributed by atoms with Crippen LogP contribution in [0.4, 0.5) is 0 Å². The number of hydrogen-bond donors (Lipinski definition) is 2. The molecule has 1 rings (SSSR count). The summed E-state index contributed by atoms with van der Waals surface area (Å²) in [4.78, 5) is 0.103. The normalized spacial score (nSPS) is 15.7. The molecule has 0 saturated carbocycles. The summed E-state index contributed by atoms with van der Waals surface area (Å²) in [6.07, 6.45) is -0.324. The highest BCUT2D eigenvalue weighted by Gasteiger charge is 2.10. The first-order valence-electron chi connectivity index (χ1n) is 4.14. The van der Waals surface area contributed by atoms with Gasteiger partial charge < -0.3 is 9.66 Å². The monoisotopic (exact) mass is 264 g/mol. The summed E-state index contributed by atoms with van der Waals surface area (Å²) in [5, 5.41) is 9.33. The fourth-order valence-electron chi connectivity index (χ4n) is 1.06. The van der Waals surface area contributed by atoms with Crippen LogP contribution in [0.25, 0.3) is 0 Å². The minimum Gasteiger partial charge on any atom is -0.760 e. The highest BCUT2D eigenvalue weighted by atomic mass is 32.2. The Morgan fingerprint density at radius 3 is 2.25 bits per heavy atom. The molecule has 6 nitrogen and oxygen atoms in total. The predicted octanol–water partition coefficient (Wildman–Crippen LogP) is -0.535. The number of rotatable bonds is 4. The van der Waals surface area contributed by atoms with E-state index < -0.39 is 27.3 Å². The molecule has 0 amide bonds. The Morgan fingerprint density at radius 1 is 1.38 bits per heavy atom. The van der Waals surface area contributed by atoms with Crippen LogP contribution in [0, 0.1) is 0 Å². The molecule has 0 saturated heterocycles. The van der Waals surface area contributed by atoms with Gasteiger partial charge in [0.2, 0.25) is 0 Å². The van der Waals surface area contributed by atoms with E-state index in [9.17, 15) is 22.3 Å². The fourth-order valence-corrected chi connectivity index (χ4v) is 2.01. The zero-order chi connectivity index (χ0) is 12.3. The van der Waals surface area contributed by atoms with Crippen LogP contribution in [0.5, 0.6) is 0 Å². The summed E-state index contributed by atoms with van der Waals surface area (Å²) in [5.41, 5.74) is 0.261. The Hall–Kier alpha value is -0.800. The van der Waals surface area contributed by atoms with Crippen LogP contribution < -0.4 is 4.72 Å². The van der Waals surface area contributed by atoms with E-state index in [2.05, 4.69) is 0 Å². The lowest BCUT2D eigenvalue weighted by atomic mass is 10.2. The van der Waals surface area contributed by atoms with Crippen molar-refractivity contribution in [2.24, 2.45) is 0 Å². The van der Waals surface area contributed by atoms with Crippen LogP contribution in [-0.2, 0) is 21.1 Å². The minimum atomic E-state index is -3.29. The molecule has 0 heterocycles. The molecule has 2 N–H and O–H groups in total. The Balaban J connectivity index is 2.91. The quantitative estimate of drug-likeness (QED) is 0.561. The number of sulfone groups is 1. The molecular formula is C8H10NO5S2-. The van der Waals surface area contributed by atoms with Crippen LogP contribution in [0.3, 0.4) is 0 Å². The highest BCUT2D eigenvalue weighted by Crippen LogP contribution is 2.14. The summed E-state index contributed by atoms with van der Waals surface area (Å²) in [7, 11) is -3.29. The maximum absolute atomic E-state index is 11.1. The summed E-state index contributed by atoms with van der Waals surface area (Å²) >= 11 is -2.59. The molecule has 0 spiro atoms. The van der Waals surface area contributed by atoms with Gasteiger partial charge in [-0.15, -0.1) is 0 Å². The molecule has 0 aliphatic carbocycles. The van der Waals surface area contributed by atoms with Gasteiger partial charge >= 0.3 is 0 Å². The molecule has 0 aliphatic rings. The first-order chi connectivity index (χ1) is 7.30. The third kappa shape index (κ3) is 3.65. The number of aliphatic hydroxyl groups excluding tert-OH is 1. The van der Waals surface area contributed by atoms with Crippen LogP contribution in [0.15, 0.2) is 29.2 Å². The Labute approximate surface area is 95.6 Å². The summed E-state index contributed by atoms with van der Waals surface area (Å²) in [5.74, 6) is 0. The average molecular weight is 264 g/mol. The van der Waals surface area contributed by atoms with Gasteiger partial charge in [-0.1, -0.05) is 12.1 Å². The van der Waals surface area contributed by atoms with Gasteiger partial charge in [0.25, 0.3) is 0 Å². The number of benzene rings is 1. The molecule has 0 radical (unpaired) electrons. The second kappa shape index (κ2) is 5.02. The van der Waals surface area contributed by atoms with E-state index in [1.807, 2.05) is 4.72 Å². The fraction of sp³-hybridized carbons (Fsp3) is 0.250. The molecule has 0 aromatic heterocycles. The molecule has 0 fully saturated rings. The molecule has 8 heteroatoms. The topological polar surface area (TPSA) is 107 Å². The molecule has 2 atom stereocenters. The van der Waals surface area contributed by atoms with Crippen molar-refractivity contribution in [2.75, 3.05) is 6.26 Å². The zero-order valence-electron chi connectivity index (χ0n) is 8.28. The average Bonchev–Trinajstić information content (AvgIpc) is 2.15. The molecule has 0 bridgehead atoms. The van der Waals surface area contributed by atoms with Gasteiger partial charge in [0.1, 0.15) is 6.23 Å². The smallest absolute Gasteiger partial charge is 0.175 e. The summed E-state index contributed by atoms with van der Waals surface area (Å²) in [6, 6.07) is 5.26. The second-order valence-electron chi connectivity index (χ2n) is 3.10. The van der Waals surface area contributed by atoms with Gasteiger partial charge in [-0.05, 0) is 17.7 Å². The van der Waals surface area contributed by atoms with E-state index in [1.54, 1.807) is 0 Å². The van der Waals surface area contributed by atoms with Crippen molar-refractivity contribution in [3.63, 3.8) is 0 Å². The third-order valence-corrected chi connectivity index (χ3v) is 3.38. The number of aliphatic hydroxyl groups is 1. The maximum atomic E-state index is 11.1. The van der Waals surface area contributed by atoms with E-state index in [0.717, 1.165) is 6.26 Å². The third-order valence-electron chi connectivity index (χ3n) is 1.83. The maximum Gasteiger partial charge on any atom is 0.175 e. The number of hydrogen-bond acceptors (Lipinski definition) is 5. The minimum absolute atomic E-state index is 0.103. The molecule has 1 aromatic carbocycles. The van der Waals surface area contributed by atoms with Crippen molar-refractivity contribution in [1.82, 2.24) is 4.72 Å². The Morgan fingerprint density at radius 2 is 1.88 bits per heavy atom. The van der Waals surface area contributed by atoms with Crippen LogP contribution >= 0.6 is 0 Å². The molecular weight excluding hydrogens is 254 g/mol. The molecule has 0 aliphatic heterocycles. The van der Waals surface area contributed by atoms with Gasteiger partial charge in [-0.2, -0.15) is 0 Å². The first-order valence-corrected chi connectivity index (χ1v) is 7.11. The molecule has 2 unspecified atom stereocenters. The van der Waals surface area contributed by atoms with Gasteiger partial charge in [0.05, 0.1) is 4.90 Å². The SMILES string of the molecule is CS(=O)(=O)c1ccc(C(O)NS(=O)[O-])cc1. The van der Waals surface area contributed by atoms with Crippen LogP contribution in [0.1, 0.15) is 11.8 Å². The Bertz CT molecular complexity index is 482. The van der Waals surface area contributed by atoms with Crippen molar-refractivity contribution >= 4 is 21.1 Å². The van der Waals surface area contributed by atoms with E-state index >= 15 is 0 Å². The second-order valence-corrected chi connectivity index (χ2v) is 5.82. The van der Waals surface area contributed by atoms with Gasteiger partial charge in [0, 0.05) is 17.5 Å². The van der Waals surface area contributed by atoms with E-state index in [1.165, 1.54) is 24.3 Å². The lowest BCUT2D eigenvalue weighted by Crippen LogP contribution is -2.22. The van der Waals surface area contributed by atoms with Crippen LogP contribution in [0.2, 0.25) is 0 Å². The van der Waals surface area contributed by atoms with E-state index in [0.29, 0.717) is 0 Å². The molecule has 16 heavy (non-hydrogen) atoms. The zero-order valence-corrected chi connectivity index (χ0v) is 9.92. The highest BCUT2D eigenvalue weighted by molar-refractivity contribution is 7.90. The molecule has 90 valence electrons. The van der Waals surface area contributed by atoms with E-state index in [4.69, 9.17) is 0 Å². The van der Waals surface area contributed by atoms with Gasteiger partial charge in [0.15, 0.2) is 9.84 Å². The number of nitrogens with one attached hydrogen (secondary N) is 1. The van der Waals surface area contributed by atoms with Crippen molar-refractivity contribution in [2.45, 2.75) is 11.1 Å². The standard InChI is InChI=1S/C8H11NO5S2/c1-16(13,14)7-4-2-6(3-5-7)8(10)9-15(11)12/h2-5,8-10H,1H3,(H,11,12)/p-1. The predicted molar refractivity (Wildman–Crippen MR) is 56.6 cm³/mol.